The number of aromatic hydroxyl groups is 8. The van der Waals surface area contributed by atoms with Gasteiger partial charge in [-0.1, -0.05) is 30.3 Å². The zero-order valence-electron chi connectivity index (χ0n) is 43.2. The number of Topliss-reactive ketones (excluding diaryl/α,β-unsaturated/α-hetero) is 2. The van der Waals surface area contributed by atoms with Gasteiger partial charge in [-0.2, -0.15) is 4.90 Å². The minimum Gasteiger partial charge on any atom is -0.504 e. The van der Waals surface area contributed by atoms with Crippen molar-refractivity contribution in [3.63, 3.8) is 0 Å². The lowest BCUT2D eigenvalue weighted by Crippen LogP contribution is -2.97. The van der Waals surface area contributed by atoms with E-state index in [1.165, 1.54) is 18.2 Å². The zero-order chi connectivity index (χ0) is 63.3. The molecule has 2 heterocycles. The van der Waals surface area contributed by atoms with E-state index in [9.17, 15) is 147 Å². The summed E-state index contributed by atoms with van der Waals surface area (Å²) in [5, 5.41) is 303. The molecule has 2 aliphatic heterocycles. The van der Waals surface area contributed by atoms with Crippen LogP contribution in [-0.2, 0) is 24.0 Å². The Labute approximate surface area is 466 Å². The number of nitrogens with zero attached hydrogens (tertiary/aromatic N) is 2. The normalized spacial score (nSPS) is 22.5. The third kappa shape index (κ3) is 7.99. The monoisotopic (exact) mass is 1200 g/mol. The summed E-state index contributed by atoms with van der Waals surface area (Å²) in [6.07, 6.45) is -1.27. The summed E-state index contributed by atoms with van der Waals surface area (Å²) in [6.45, 7) is -4.43. The van der Waals surface area contributed by atoms with Crippen molar-refractivity contribution >= 4 is 11.6 Å². The number of carbonyl (C=O) groups excluding carboxylic acids is 2. The molecule has 0 radical (unpaired) electrons. The van der Waals surface area contributed by atoms with Crippen molar-refractivity contribution in [2.24, 2.45) is 17.8 Å². The van der Waals surface area contributed by atoms with Gasteiger partial charge in [0.25, 0.3) is 29.3 Å². The number of benzene rings is 4. The molecule has 4 aromatic carbocycles. The van der Waals surface area contributed by atoms with Crippen LogP contribution in [0.25, 0.3) is 0 Å². The summed E-state index contributed by atoms with van der Waals surface area (Å²) in [5.41, 5.74) is -13.0. The number of ketones is 2. The average Bonchev–Trinajstić information content (AvgIpc) is 0.897. The molecule has 0 saturated carbocycles. The molecule has 2 atom stereocenters. The number of phenols is 8. The Balaban J connectivity index is 1.04. The van der Waals surface area contributed by atoms with Crippen molar-refractivity contribution in [2.75, 3.05) is 41.2 Å². The molecule has 0 amide bonds. The maximum absolute atomic E-state index is 14.2. The number of rotatable bonds is 15. The molecule has 2 aliphatic carbocycles. The Bertz CT molecular complexity index is 3270. The highest BCUT2D eigenvalue weighted by atomic mass is 16.7. The molecular weight excluding hydrogens is 1150 g/mol. The van der Waals surface area contributed by atoms with Crippen LogP contribution in [0.2, 0.25) is 0 Å². The molecule has 36 heteroatoms. The predicted molar refractivity (Wildman–Crippen MR) is 257 cm³/mol. The average molecular weight is 1200 g/mol. The minimum atomic E-state index is -5.69. The van der Waals surface area contributed by atoms with Crippen molar-refractivity contribution in [3.8, 4) is 74.7 Å². The van der Waals surface area contributed by atoms with E-state index in [0.29, 0.717) is 12.0 Å². The van der Waals surface area contributed by atoms with E-state index >= 15 is 0 Å². The maximum Gasteiger partial charge on any atom is 0.290 e. The smallest absolute Gasteiger partial charge is 0.290 e. The Morgan fingerprint density at radius 3 is 1.36 bits per heavy atom. The number of hydrogen-bond donors (Lipinski definition) is 27. The van der Waals surface area contributed by atoms with Crippen LogP contribution < -0.4 is 23.7 Å². The zero-order valence-corrected chi connectivity index (χ0v) is 43.2. The fourth-order valence-electron chi connectivity index (χ4n) is 11.5. The first-order valence-corrected chi connectivity index (χ1v) is 24.0. The topological polar surface area (TPSA) is 633 Å². The molecule has 0 spiro atoms. The third-order valence-corrected chi connectivity index (χ3v) is 15.8. The number of phenolic OH excluding ortho intramolecular Hbond substituents is 8. The number of hydrogen-bond acceptors (Lipinski definition) is 36. The van der Waals surface area contributed by atoms with E-state index in [1.807, 2.05) is 0 Å². The van der Waals surface area contributed by atoms with Gasteiger partial charge in [-0.05, 0) is 18.4 Å². The fourth-order valence-corrected chi connectivity index (χ4v) is 11.5. The molecule has 27 N–H and O–H groups in total. The first-order chi connectivity index (χ1) is 38.5. The van der Waals surface area contributed by atoms with Gasteiger partial charge in [-0.25, -0.2) is 4.90 Å². The Kier molecular flexibility index (Phi) is 14.7. The second-order valence-corrected chi connectivity index (χ2v) is 20.2. The van der Waals surface area contributed by atoms with Crippen molar-refractivity contribution in [2.45, 2.75) is 77.4 Å². The minimum absolute atomic E-state index is 0.215. The van der Waals surface area contributed by atoms with E-state index in [0.717, 1.165) is 26.4 Å². The van der Waals surface area contributed by atoms with Gasteiger partial charge in [0.1, 0.15) is 17.4 Å². The standard InChI is InChI=1S/C48H56N2O34/c1-80-33-22(51)17-19(28(57)34(33)81-2)40(63,64)37(24(17)53)39(61,62)16-9-11-49(12-10-16)43(69,70)21-26(55)30(59)32(31(60)27(21)56)83-14-84-36-23(52)18-20(29(58)35(36)82-3)41(65,66)38(25(18)54)42(67,68)44(71)45(72,73)47(76,77)50(48(78,79)46(44,74)75)13-15-7-5-4-6-8-15/h4-8,16,37-38,51-52,55-79H,9-14H2,1-3H3. The summed E-state index contributed by atoms with van der Waals surface area (Å²) in [5.74, 6) is -71.8. The van der Waals surface area contributed by atoms with E-state index in [2.05, 4.69) is 0 Å². The number of aliphatic hydroxyl groups is 19. The number of ether oxygens (including phenoxy) is 5. The molecule has 0 aromatic heterocycles. The van der Waals surface area contributed by atoms with Crippen molar-refractivity contribution in [1.29, 1.82) is 0 Å². The van der Waals surface area contributed by atoms with Crippen LogP contribution in [-0.4, -0.2) is 241 Å². The maximum atomic E-state index is 14.2. The van der Waals surface area contributed by atoms with Crippen molar-refractivity contribution in [3.05, 3.63) is 63.7 Å². The van der Waals surface area contributed by atoms with Gasteiger partial charge in [0.05, 0.1) is 43.6 Å². The summed E-state index contributed by atoms with van der Waals surface area (Å²) >= 11 is 0. The SMILES string of the molecule is COc1c(O)c2c(c(O)c1OC)C(O)(O)C(C(O)(O)C1CCN(C(O)(O)c3c(O)c(O)c(OCOc4c(O)c5c(c(O)c4OC)C(O)(O)C(C(O)(O)C4(O)C(O)(O)C(O)(O)N(Cc6ccccc6)C(O)(O)C4(O)O)C5=O)c(O)c3O)CC1)C2=O. The largest absolute Gasteiger partial charge is 0.504 e. The molecular formula is C48H56N2O34. The molecule has 4 aromatic rings. The van der Waals surface area contributed by atoms with Gasteiger partial charge in [0.2, 0.25) is 70.0 Å². The van der Waals surface area contributed by atoms with E-state index in [1.54, 1.807) is 0 Å². The number of piperidine rings is 2. The molecule has 36 nitrogen and oxygen atoms in total. The number of likely N-dealkylation sites (tertiary alicyclic amines) is 2. The predicted octanol–water partition coefficient (Wildman–Crippen LogP) is -8.57. The van der Waals surface area contributed by atoms with Crippen LogP contribution in [0.5, 0.6) is 74.7 Å². The summed E-state index contributed by atoms with van der Waals surface area (Å²) < 4.78 is 25.1. The van der Waals surface area contributed by atoms with Crippen molar-refractivity contribution in [1.82, 2.24) is 9.80 Å². The van der Waals surface area contributed by atoms with Crippen LogP contribution in [0.15, 0.2) is 30.3 Å². The second kappa shape index (κ2) is 19.7. The molecule has 2 unspecified atom stereocenters. The highest BCUT2D eigenvalue weighted by Gasteiger charge is 2.92. The third-order valence-electron chi connectivity index (χ3n) is 15.8. The summed E-state index contributed by atoms with van der Waals surface area (Å²) in [4.78, 5) is 27.7. The van der Waals surface area contributed by atoms with Crippen LogP contribution in [0.1, 0.15) is 55.8 Å². The molecule has 4 aliphatic rings. The highest BCUT2D eigenvalue weighted by molar-refractivity contribution is 6.09. The lowest BCUT2D eigenvalue weighted by Gasteiger charge is -2.65. The van der Waals surface area contributed by atoms with Gasteiger partial charge in [-0.15, -0.1) is 0 Å². The van der Waals surface area contributed by atoms with Crippen LogP contribution in [0.3, 0.4) is 0 Å². The van der Waals surface area contributed by atoms with Crippen LogP contribution in [0, 0.1) is 17.8 Å². The molecule has 8 rings (SSSR count). The summed E-state index contributed by atoms with van der Waals surface area (Å²) in [7, 11) is 2.61. The lowest BCUT2D eigenvalue weighted by atomic mass is 9.64. The molecule has 2 saturated heterocycles. The number of fused-ring (bicyclic) bond motifs is 2. The Hall–Kier alpha value is -7.22. The molecule has 0 bridgehead atoms. The van der Waals surface area contributed by atoms with Gasteiger partial charge >= 0.3 is 0 Å². The fraction of sp³-hybridized carbons (Fsp3) is 0.458. The van der Waals surface area contributed by atoms with Gasteiger partial charge in [0, 0.05) is 25.6 Å². The van der Waals surface area contributed by atoms with Gasteiger partial charge < -0.3 is 162 Å². The first kappa shape index (κ1) is 62.8. The molecule has 462 valence electrons. The lowest BCUT2D eigenvalue weighted by molar-refractivity contribution is -0.622. The summed E-state index contributed by atoms with van der Waals surface area (Å²) in [6, 6.07) is 6.15. The van der Waals surface area contributed by atoms with Crippen LogP contribution in [0.4, 0.5) is 0 Å². The highest BCUT2D eigenvalue weighted by Crippen LogP contribution is 2.64. The quantitative estimate of drug-likeness (QED) is 0.0299. The number of methoxy groups -OCH3 is 3. The van der Waals surface area contributed by atoms with Crippen molar-refractivity contribution < 1.29 is 171 Å². The first-order valence-electron chi connectivity index (χ1n) is 24.0. The Morgan fingerprint density at radius 1 is 0.512 bits per heavy atom. The van der Waals surface area contributed by atoms with E-state index < -0.39 is 234 Å². The molecule has 84 heavy (non-hydrogen) atoms. The molecule has 2 fully saturated rings. The van der Waals surface area contributed by atoms with Gasteiger partial charge in [-0.3, -0.25) is 9.59 Å². The van der Waals surface area contributed by atoms with Gasteiger partial charge in [0.15, 0.2) is 51.9 Å². The van der Waals surface area contributed by atoms with E-state index in [-0.39, 0.29) is 5.56 Å². The van der Waals surface area contributed by atoms with E-state index in [4.69, 9.17) is 23.7 Å². The Morgan fingerprint density at radius 2 is 0.905 bits per heavy atom. The van der Waals surface area contributed by atoms with Crippen LogP contribution >= 0.6 is 0 Å². The number of carbonyl (C=O) groups is 2. The second-order valence-electron chi connectivity index (χ2n) is 20.2.